The summed E-state index contributed by atoms with van der Waals surface area (Å²) < 4.78 is 0. The third-order valence-electron chi connectivity index (χ3n) is 4.08. The van der Waals surface area contributed by atoms with Crippen LogP contribution in [0.15, 0.2) is 24.3 Å². The Morgan fingerprint density at radius 2 is 1.50 bits per heavy atom. The van der Waals surface area contributed by atoms with E-state index in [1.807, 2.05) is 0 Å². The summed E-state index contributed by atoms with van der Waals surface area (Å²) in [6, 6.07) is 9.71. The molecule has 2 aliphatic rings. The summed E-state index contributed by atoms with van der Waals surface area (Å²) in [5.41, 5.74) is 3.15. The normalized spacial score (nSPS) is 23.6. The summed E-state index contributed by atoms with van der Waals surface area (Å²) >= 11 is 0. The maximum atomic E-state index is 2.68. The molecule has 1 aromatic carbocycles. The van der Waals surface area contributed by atoms with E-state index in [0.717, 1.165) is 6.04 Å². The molecule has 0 aromatic heterocycles. The predicted octanol–water partition coefficient (Wildman–Crippen LogP) is 1.40. The van der Waals surface area contributed by atoms with Gasteiger partial charge in [-0.05, 0) is 31.0 Å². The number of hydrogen-bond donors (Lipinski definition) is 0. The molecule has 86 valence electrons. The standard InChI is InChI=1S/C14H20N2/c1-15-6-8-16(9-7-15)14-10-12-4-2-3-5-13(12)11-14/h2-5,14H,6-11H2,1H3. The van der Waals surface area contributed by atoms with E-state index in [2.05, 4.69) is 41.1 Å². The van der Waals surface area contributed by atoms with E-state index in [1.54, 1.807) is 11.1 Å². The van der Waals surface area contributed by atoms with Gasteiger partial charge in [0.05, 0.1) is 0 Å². The summed E-state index contributed by atoms with van der Waals surface area (Å²) in [6.07, 6.45) is 2.53. The lowest BCUT2D eigenvalue weighted by Crippen LogP contribution is -2.49. The average molecular weight is 216 g/mol. The zero-order chi connectivity index (χ0) is 11.0. The fourth-order valence-corrected chi connectivity index (χ4v) is 2.98. The van der Waals surface area contributed by atoms with Gasteiger partial charge in [0.15, 0.2) is 0 Å². The minimum atomic E-state index is 0.770. The third-order valence-corrected chi connectivity index (χ3v) is 4.08. The van der Waals surface area contributed by atoms with Gasteiger partial charge in [-0.25, -0.2) is 0 Å². The van der Waals surface area contributed by atoms with Gasteiger partial charge in [0.2, 0.25) is 0 Å². The lowest BCUT2D eigenvalue weighted by molar-refractivity contribution is 0.115. The topological polar surface area (TPSA) is 6.48 Å². The molecular weight excluding hydrogens is 196 g/mol. The van der Waals surface area contributed by atoms with Crippen molar-refractivity contribution in [2.75, 3.05) is 33.2 Å². The van der Waals surface area contributed by atoms with Crippen molar-refractivity contribution in [2.45, 2.75) is 18.9 Å². The van der Waals surface area contributed by atoms with Crippen molar-refractivity contribution >= 4 is 0 Å². The second-order valence-corrected chi connectivity index (χ2v) is 5.17. The van der Waals surface area contributed by atoms with Crippen molar-refractivity contribution in [1.29, 1.82) is 0 Å². The van der Waals surface area contributed by atoms with Gasteiger partial charge < -0.3 is 4.90 Å². The Bertz CT molecular complexity index is 342. The van der Waals surface area contributed by atoms with E-state index < -0.39 is 0 Å². The second kappa shape index (κ2) is 4.19. The van der Waals surface area contributed by atoms with E-state index >= 15 is 0 Å². The zero-order valence-electron chi connectivity index (χ0n) is 10.0. The van der Waals surface area contributed by atoms with Gasteiger partial charge in [0.1, 0.15) is 0 Å². The third kappa shape index (κ3) is 1.87. The van der Waals surface area contributed by atoms with E-state index in [4.69, 9.17) is 0 Å². The highest BCUT2D eigenvalue weighted by molar-refractivity contribution is 5.33. The largest absolute Gasteiger partial charge is 0.304 e. The van der Waals surface area contributed by atoms with Gasteiger partial charge in [0.25, 0.3) is 0 Å². The molecule has 0 amide bonds. The molecule has 1 aliphatic heterocycles. The Morgan fingerprint density at radius 3 is 2.06 bits per heavy atom. The monoisotopic (exact) mass is 216 g/mol. The minimum absolute atomic E-state index is 0.770. The van der Waals surface area contributed by atoms with E-state index in [-0.39, 0.29) is 0 Å². The zero-order valence-corrected chi connectivity index (χ0v) is 10.0. The Balaban J connectivity index is 1.67. The molecule has 0 saturated carbocycles. The van der Waals surface area contributed by atoms with Crippen LogP contribution in [0, 0.1) is 0 Å². The average Bonchev–Trinajstić information content (AvgIpc) is 2.73. The minimum Gasteiger partial charge on any atom is -0.304 e. The van der Waals surface area contributed by atoms with Gasteiger partial charge >= 0.3 is 0 Å². The molecule has 0 radical (unpaired) electrons. The van der Waals surface area contributed by atoms with Crippen LogP contribution >= 0.6 is 0 Å². The van der Waals surface area contributed by atoms with Crippen LogP contribution in [-0.4, -0.2) is 49.1 Å². The molecule has 2 nitrogen and oxygen atoms in total. The number of hydrogen-bond acceptors (Lipinski definition) is 2. The Hall–Kier alpha value is -0.860. The molecule has 0 spiro atoms. The first-order valence-electron chi connectivity index (χ1n) is 6.32. The van der Waals surface area contributed by atoms with Gasteiger partial charge in [-0.1, -0.05) is 24.3 Å². The molecule has 0 atom stereocenters. The van der Waals surface area contributed by atoms with Crippen LogP contribution in [0.4, 0.5) is 0 Å². The van der Waals surface area contributed by atoms with Crippen molar-refractivity contribution in [1.82, 2.24) is 9.80 Å². The first-order chi connectivity index (χ1) is 7.83. The molecular formula is C14H20N2. The number of likely N-dealkylation sites (N-methyl/N-ethyl adjacent to an activating group) is 1. The summed E-state index contributed by atoms with van der Waals surface area (Å²) in [6.45, 7) is 4.95. The quantitative estimate of drug-likeness (QED) is 0.700. The van der Waals surface area contributed by atoms with E-state index in [9.17, 15) is 0 Å². The number of fused-ring (bicyclic) bond motifs is 1. The van der Waals surface area contributed by atoms with Crippen LogP contribution in [0.25, 0.3) is 0 Å². The molecule has 0 unspecified atom stereocenters. The summed E-state index contributed by atoms with van der Waals surface area (Å²) in [5.74, 6) is 0. The number of rotatable bonds is 1. The summed E-state index contributed by atoms with van der Waals surface area (Å²) in [5, 5.41) is 0. The smallest absolute Gasteiger partial charge is 0.0177 e. The molecule has 1 aromatic rings. The fourth-order valence-electron chi connectivity index (χ4n) is 2.98. The number of piperazine rings is 1. The van der Waals surface area contributed by atoms with Gasteiger partial charge in [0, 0.05) is 32.2 Å². The molecule has 0 bridgehead atoms. The summed E-state index contributed by atoms with van der Waals surface area (Å²) in [4.78, 5) is 5.11. The molecule has 1 aliphatic carbocycles. The maximum Gasteiger partial charge on any atom is 0.0177 e. The van der Waals surface area contributed by atoms with Crippen molar-refractivity contribution < 1.29 is 0 Å². The highest BCUT2D eigenvalue weighted by Gasteiger charge is 2.27. The number of benzene rings is 1. The van der Waals surface area contributed by atoms with E-state index in [0.29, 0.717) is 0 Å². The Labute approximate surface area is 97.9 Å². The van der Waals surface area contributed by atoms with Crippen molar-refractivity contribution in [3.63, 3.8) is 0 Å². The van der Waals surface area contributed by atoms with Crippen molar-refractivity contribution in [3.8, 4) is 0 Å². The Morgan fingerprint density at radius 1 is 0.938 bits per heavy atom. The predicted molar refractivity (Wildman–Crippen MR) is 66.7 cm³/mol. The molecule has 16 heavy (non-hydrogen) atoms. The van der Waals surface area contributed by atoms with Crippen LogP contribution in [0.5, 0.6) is 0 Å². The van der Waals surface area contributed by atoms with Crippen LogP contribution in [0.1, 0.15) is 11.1 Å². The number of nitrogens with zero attached hydrogens (tertiary/aromatic N) is 2. The summed E-state index contributed by atoms with van der Waals surface area (Å²) in [7, 11) is 2.22. The highest BCUT2D eigenvalue weighted by atomic mass is 15.3. The van der Waals surface area contributed by atoms with E-state index in [1.165, 1.54) is 39.0 Å². The first-order valence-corrected chi connectivity index (χ1v) is 6.32. The second-order valence-electron chi connectivity index (χ2n) is 5.17. The van der Waals surface area contributed by atoms with Crippen LogP contribution in [-0.2, 0) is 12.8 Å². The molecule has 1 fully saturated rings. The lowest BCUT2D eigenvalue weighted by atomic mass is 10.1. The Kier molecular flexibility index (Phi) is 2.70. The molecule has 0 N–H and O–H groups in total. The SMILES string of the molecule is CN1CCN(C2Cc3ccccc3C2)CC1. The molecule has 1 heterocycles. The molecule has 3 rings (SSSR count). The van der Waals surface area contributed by atoms with Crippen molar-refractivity contribution in [2.24, 2.45) is 0 Å². The van der Waals surface area contributed by atoms with Gasteiger partial charge in [-0.2, -0.15) is 0 Å². The van der Waals surface area contributed by atoms with Crippen LogP contribution in [0.2, 0.25) is 0 Å². The molecule has 2 heteroatoms. The highest BCUT2D eigenvalue weighted by Crippen LogP contribution is 2.25. The van der Waals surface area contributed by atoms with Crippen LogP contribution in [0.3, 0.4) is 0 Å². The first kappa shape index (κ1) is 10.3. The fraction of sp³-hybridized carbons (Fsp3) is 0.571. The van der Waals surface area contributed by atoms with Crippen molar-refractivity contribution in [3.05, 3.63) is 35.4 Å². The lowest BCUT2D eigenvalue weighted by Gasteiger charge is -2.36. The van der Waals surface area contributed by atoms with Crippen LogP contribution < -0.4 is 0 Å². The molecule has 1 saturated heterocycles. The maximum absolute atomic E-state index is 2.68. The van der Waals surface area contributed by atoms with Gasteiger partial charge in [-0.15, -0.1) is 0 Å². The van der Waals surface area contributed by atoms with Gasteiger partial charge in [-0.3, -0.25) is 4.90 Å².